The lowest BCUT2D eigenvalue weighted by Crippen LogP contribution is -2.46. The van der Waals surface area contributed by atoms with Gasteiger partial charge in [0, 0.05) is 56.3 Å². The Kier molecular flexibility index (Phi) is 9.30. The molecule has 5 rings (SSSR count). The molecule has 0 bridgehead atoms. The average Bonchev–Trinajstić information content (AvgIpc) is 2.90. The molecule has 7 heteroatoms. The van der Waals surface area contributed by atoms with Crippen LogP contribution in [0.25, 0.3) is 0 Å². The van der Waals surface area contributed by atoms with E-state index in [1.54, 1.807) is 12.1 Å². The van der Waals surface area contributed by atoms with E-state index in [1.807, 2.05) is 12.1 Å². The lowest BCUT2D eigenvalue weighted by Gasteiger charge is -2.38. The maximum absolute atomic E-state index is 11.1. The van der Waals surface area contributed by atoms with E-state index in [-0.39, 0.29) is 24.8 Å². The molecule has 0 amide bonds. The smallest absolute Gasteiger partial charge is 0.335 e. The molecule has 2 saturated heterocycles. The second kappa shape index (κ2) is 12.2. The van der Waals surface area contributed by atoms with Crippen molar-refractivity contribution in [3.8, 4) is 0 Å². The normalized spacial score (nSPS) is 16.3. The third kappa shape index (κ3) is 6.22. The van der Waals surface area contributed by atoms with Gasteiger partial charge in [0.25, 0.3) is 0 Å². The molecule has 186 valence electrons. The minimum Gasteiger partial charge on any atom is -0.478 e. The third-order valence-corrected chi connectivity index (χ3v) is 7.11. The molecule has 0 aliphatic carbocycles. The monoisotopic (exact) mass is 513 g/mol. The molecule has 2 aliphatic heterocycles. The Morgan fingerprint density at radius 1 is 0.600 bits per heavy atom. The number of hydrogen-bond donors (Lipinski definition) is 1. The van der Waals surface area contributed by atoms with Crippen molar-refractivity contribution < 1.29 is 9.90 Å². The molecule has 2 fully saturated rings. The van der Waals surface area contributed by atoms with Gasteiger partial charge >= 0.3 is 5.97 Å². The molecule has 0 atom stereocenters. The van der Waals surface area contributed by atoms with E-state index in [2.05, 4.69) is 69.3 Å². The highest BCUT2D eigenvalue weighted by molar-refractivity contribution is 5.88. The summed E-state index contributed by atoms with van der Waals surface area (Å²) >= 11 is 0. The quantitative estimate of drug-likeness (QED) is 0.457. The van der Waals surface area contributed by atoms with Crippen LogP contribution in [0.2, 0.25) is 0 Å². The summed E-state index contributed by atoms with van der Waals surface area (Å²) in [5.41, 5.74) is 5.50. The molecular formula is C28H33Cl2N3O2. The van der Waals surface area contributed by atoms with Gasteiger partial charge < -0.3 is 19.8 Å². The van der Waals surface area contributed by atoms with Crippen LogP contribution in [-0.4, -0.2) is 50.3 Å². The molecule has 0 radical (unpaired) electrons. The molecule has 35 heavy (non-hydrogen) atoms. The van der Waals surface area contributed by atoms with E-state index < -0.39 is 5.97 Å². The second-order valence-electron chi connectivity index (χ2n) is 9.01. The predicted molar refractivity (Wildman–Crippen MR) is 149 cm³/mol. The van der Waals surface area contributed by atoms with E-state index in [0.29, 0.717) is 11.5 Å². The largest absolute Gasteiger partial charge is 0.478 e. The third-order valence-electron chi connectivity index (χ3n) is 7.11. The van der Waals surface area contributed by atoms with Crippen molar-refractivity contribution in [3.05, 3.63) is 90.0 Å². The highest BCUT2D eigenvalue weighted by Gasteiger charge is 2.22. The van der Waals surface area contributed by atoms with Gasteiger partial charge in [0.2, 0.25) is 0 Å². The first-order valence-electron chi connectivity index (χ1n) is 11.9. The summed E-state index contributed by atoms with van der Waals surface area (Å²) in [6.07, 6.45) is 2.42. The zero-order valence-electron chi connectivity index (χ0n) is 19.8. The zero-order valence-corrected chi connectivity index (χ0v) is 21.4. The van der Waals surface area contributed by atoms with E-state index >= 15 is 0 Å². The SMILES string of the molecule is Cl.Cl.O=C(O)c1ccc(N2CCN(c3ccc(N4CCC(c5ccccc5)CC4)cc3)CC2)cc1. The van der Waals surface area contributed by atoms with Crippen LogP contribution in [0.3, 0.4) is 0 Å². The number of hydrogen-bond acceptors (Lipinski definition) is 4. The number of nitrogens with zero attached hydrogens (tertiary/aromatic N) is 3. The van der Waals surface area contributed by atoms with Crippen LogP contribution in [0, 0.1) is 0 Å². The Bertz CT molecular complexity index is 1060. The fraction of sp³-hybridized carbons (Fsp3) is 0.321. The molecule has 3 aromatic rings. The van der Waals surface area contributed by atoms with Gasteiger partial charge in [0.15, 0.2) is 0 Å². The van der Waals surface area contributed by atoms with Crippen molar-refractivity contribution >= 4 is 47.8 Å². The predicted octanol–water partition coefficient (Wildman–Crippen LogP) is 5.94. The number of rotatable bonds is 5. The zero-order chi connectivity index (χ0) is 22.6. The van der Waals surface area contributed by atoms with Crippen LogP contribution in [0.15, 0.2) is 78.9 Å². The fourth-order valence-electron chi connectivity index (χ4n) is 5.11. The number of anilines is 3. The Hall–Kier alpha value is -2.89. The minimum absolute atomic E-state index is 0. The Morgan fingerprint density at radius 3 is 1.43 bits per heavy atom. The summed E-state index contributed by atoms with van der Waals surface area (Å²) in [4.78, 5) is 18.3. The van der Waals surface area contributed by atoms with Crippen molar-refractivity contribution in [1.82, 2.24) is 0 Å². The fourth-order valence-corrected chi connectivity index (χ4v) is 5.11. The van der Waals surface area contributed by atoms with Crippen molar-refractivity contribution in [2.45, 2.75) is 18.8 Å². The molecule has 2 heterocycles. The van der Waals surface area contributed by atoms with Gasteiger partial charge in [-0.1, -0.05) is 30.3 Å². The standard InChI is InChI=1S/C28H31N3O2.2ClH/c32-28(33)24-6-8-25(9-7-24)30-18-20-31(21-19-30)27-12-10-26(11-13-27)29-16-14-23(15-17-29)22-4-2-1-3-5-22;;/h1-13,23H,14-21H2,(H,32,33);2*1H. The molecule has 3 aromatic carbocycles. The highest BCUT2D eigenvalue weighted by atomic mass is 35.5. The van der Waals surface area contributed by atoms with Gasteiger partial charge in [-0.2, -0.15) is 0 Å². The number of carbonyl (C=O) groups is 1. The summed E-state index contributed by atoms with van der Waals surface area (Å²) in [6, 6.07) is 27.2. The lowest BCUT2D eigenvalue weighted by atomic mass is 9.89. The Morgan fingerprint density at radius 2 is 1.00 bits per heavy atom. The highest BCUT2D eigenvalue weighted by Crippen LogP contribution is 2.31. The van der Waals surface area contributed by atoms with Crippen LogP contribution >= 0.6 is 24.8 Å². The molecule has 5 nitrogen and oxygen atoms in total. The topological polar surface area (TPSA) is 47.0 Å². The van der Waals surface area contributed by atoms with Crippen LogP contribution < -0.4 is 14.7 Å². The molecular weight excluding hydrogens is 481 g/mol. The summed E-state index contributed by atoms with van der Waals surface area (Å²) in [5, 5.41) is 9.09. The summed E-state index contributed by atoms with van der Waals surface area (Å²) in [5.74, 6) is -0.200. The number of carboxylic acids is 1. The van der Waals surface area contributed by atoms with Crippen LogP contribution in [0.5, 0.6) is 0 Å². The lowest BCUT2D eigenvalue weighted by molar-refractivity contribution is 0.0697. The molecule has 0 saturated carbocycles. The molecule has 0 aromatic heterocycles. The molecule has 1 N–H and O–H groups in total. The molecule has 0 unspecified atom stereocenters. The van der Waals surface area contributed by atoms with Gasteiger partial charge in [-0.3, -0.25) is 0 Å². The molecule has 2 aliphatic rings. The van der Waals surface area contributed by atoms with Gasteiger partial charge in [0.1, 0.15) is 0 Å². The second-order valence-corrected chi connectivity index (χ2v) is 9.01. The maximum Gasteiger partial charge on any atom is 0.335 e. The van der Waals surface area contributed by atoms with Crippen molar-refractivity contribution in [3.63, 3.8) is 0 Å². The van der Waals surface area contributed by atoms with E-state index in [0.717, 1.165) is 45.0 Å². The molecule has 0 spiro atoms. The summed E-state index contributed by atoms with van der Waals surface area (Å²) in [6.45, 7) is 6.00. The maximum atomic E-state index is 11.1. The van der Waals surface area contributed by atoms with Gasteiger partial charge in [-0.15, -0.1) is 24.8 Å². The number of carboxylic acid groups (broad SMARTS) is 1. The van der Waals surface area contributed by atoms with Crippen molar-refractivity contribution in [2.24, 2.45) is 0 Å². The summed E-state index contributed by atoms with van der Waals surface area (Å²) < 4.78 is 0. The van der Waals surface area contributed by atoms with Crippen molar-refractivity contribution in [2.75, 3.05) is 54.0 Å². The van der Waals surface area contributed by atoms with E-state index in [1.165, 1.54) is 29.8 Å². The number of aromatic carboxylic acids is 1. The minimum atomic E-state index is -0.879. The number of benzene rings is 3. The first-order chi connectivity index (χ1) is 16.2. The number of piperidine rings is 1. The number of piperazine rings is 1. The number of halogens is 2. The van der Waals surface area contributed by atoms with E-state index in [9.17, 15) is 4.79 Å². The van der Waals surface area contributed by atoms with Crippen LogP contribution in [0.1, 0.15) is 34.7 Å². The first kappa shape index (κ1) is 26.7. The van der Waals surface area contributed by atoms with Crippen molar-refractivity contribution in [1.29, 1.82) is 0 Å². The van der Waals surface area contributed by atoms with E-state index in [4.69, 9.17) is 5.11 Å². The average molecular weight is 514 g/mol. The van der Waals surface area contributed by atoms with Gasteiger partial charge in [-0.05, 0) is 72.9 Å². The first-order valence-corrected chi connectivity index (χ1v) is 11.9. The summed E-state index contributed by atoms with van der Waals surface area (Å²) in [7, 11) is 0. The van der Waals surface area contributed by atoms with Gasteiger partial charge in [-0.25, -0.2) is 4.79 Å². The van der Waals surface area contributed by atoms with Crippen LogP contribution in [0.4, 0.5) is 17.1 Å². The Balaban J connectivity index is 0.00000171. The Labute approximate surface area is 220 Å². The van der Waals surface area contributed by atoms with Crippen LogP contribution in [-0.2, 0) is 0 Å². The van der Waals surface area contributed by atoms with Gasteiger partial charge in [0.05, 0.1) is 5.56 Å².